The second-order valence-electron chi connectivity index (χ2n) is 6.40. The van der Waals surface area contributed by atoms with Gasteiger partial charge < -0.3 is 9.64 Å². The molecule has 2 aromatic heterocycles. The monoisotopic (exact) mass is 401 g/mol. The maximum absolute atomic E-state index is 9.79. The van der Waals surface area contributed by atoms with Gasteiger partial charge >= 0.3 is 0 Å². The van der Waals surface area contributed by atoms with Crippen molar-refractivity contribution in [3.8, 4) is 23.2 Å². The number of hydrogen-bond donors (Lipinski definition) is 0. The number of fused-ring (bicyclic) bond motifs is 1. The minimum Gasteiger partial charge on any atom is -0.497 e. The summed E-state index contributed by atoms with van der Waals surface area (Å²) in [6, 6.07) is 9.62. The number of benzene rings is 1. The van der Waals surface area contributed by atoms with Gasteiger partial charge in [0.05, 0.1) is 12.8 Å². The van der Waals surface area contributed by atoms with E-state index >= 15 is 0 Å². The van der Waals surface area contributed by atoms with Crippen LogP contribution in [-0.4, -0.2) is 34.8 Å². The van der Waals surface area contributed by atoms with Gasteiger partial charge in [-0.05, 0) is 43.5 Å². The first-order chi connectivity index (χ1) is 13.2. The number of hydrogen-bond acceptors (Lipinski definition) is 5. The first-order valence-corrected chi connectivity index (χ1v) is 9.47. The van der Waals surface area contributed by atoms with Gasteiger partial charge in [0.1, 0.15) is 27.6 Å². The fourth-order valence-electron chi connectivity index (χ4n) is 3.48. The molecule has 0 bridgehead atoms. The lowest BCUT2D eigenvalue weighted by atomic mass is 10.1. The lowest BCUT2D eigenvalue weighted by Gasteiger charge is -2.30. The van der Waals surface area contributed by atoms with E-state index in [1.54, 1.807) is 11.5 Å². The van der Waals surface area contributed by atoms with E-state index in [0.29, 0.717) is 27.7 Å². The highest BCUT2D eigenvalue weighted by Gasteiger charge is 2.26. The molecule has 0 unspecified atom stereocenters. The van der Waals surface area contributed by atoms with Crippen molar-refractivity contribution in [2.75, 3.05) is 25.1 Å². The molecule has 1 aliphatic heterocycles. The zero-order valence-corrected chi connectivity index (χ0v) is 16.3. The average molecular weight is 402 g/mol. The van der Waals surface area contributed by atoms with Crippen LogP contribution >= 0.6 is 23.2 Å². The van der Waals surface area contributed by atoms with Crippen LogP contribution in [0.25, 0.3) is 17.0 Å². The molecular formula is C19H17Cl2N5O. The molecule has 1 fully saturated rings. The van der Waals surface area contributed by atoms with E-state index in [2.05, 4.69) is 21.2 Å². The van der Waals surface area contributed by atoms with Crippen LogP contribution in [0.2, 0.25) is 10.2 Å². The van der Waals surface area contributed by atoms with E-state index in [-0.39, 0.29) is 5.15 Å². The van der Waals surface area contributed by atoms with Gasteiger partial charge in [-0.25, -0.2) is 0 Å². The van der Waals surface area contributed by atoms with Gasteiger partial charge in [-0.1, -0.05) is 23.2 Å². The van der Waals surface area contributed by atoms with Crippen LogP contribution in [0, 0.1) is 11.3 Å². The van der Waals surface area contributed by atoms with Gasteiger partial charge in [0.2, 0.25) is 0 Å². The average Bonchev–Trinajstić information content (AvgIpc) is 3.17. The molecule has 1 aliphatic rings. The molecule has 3 aromatic rings. The molecule has 0 aliphatic carbocycles. The molecule has 0 saturated carbocycles. The Morgan fingerprint density at radius 3 is 2.41 bits per heavy atom. The summed E-state index contributed by atoms with van der Waals surface area (Å²) in [5.41, 5.74) is 2.26. The van der Waals surface area contributed by atoms with Crippen LogP contribution in [0.3, 0.4) is 0 Å². The molecule has 27 heavy (non-hydrogen) atoms. The standard InChI is InChI=1S/C19H17Cl2N5O/c1-27-13-7-5-12(6-8-13)18-23-24-19-15(20)16(25-9-3-2-4-10-25)14(11-22)17(21)26(18)19/h5-8H,2-4,9-10H2,1H3. The van der Waals surface area contributed by atoms with E-state index < -0.39 is 0 Å². The van der Waals surface area contributed by atoms with Gasteiger partial charge in [0, 0.05) is 18.7 Å². The number of halogens is 2. The third-order valence-electron chi connectivity index (χ3n) is 4.84. The number of methoxy groups -OCH3 is 1. The van der Waals surface area contributed by atoms with E-state index in [4.69, 9.17) is 27.9 Å². The van der Waals surface area contributed by atoms with Crippen molar-refractivity contribution in [2.45, 2.75) is 19.3 Å². The van der Waals surface area contributed by atoms with Gasteiger partial charge in [-0.3, -0.25) is 4.40 Å². The Bertz CT molecular complexity index is 1030. The zero-order valence-electron chi connectivity index (χ0n) is 14.7. The number of nitriles is 1. The molecule has 3 heterocycles. The molecular weight excluding hydrogens is 385 g/mol. The Hall–Kier alpha value is -2.49. The predicted octanol–water partition coefficient (Wildman–Crippen LogP) is 4.57. The smallest absolute Gasteiger partial charge is 0.183 e. The highest BCUT2D eigenvalue weighted by molar-refractivity contribution is 6.38. The molecule has 0 radical (unpaired) electrons. The van der Waals surface area contributed by atoms with Crippen molar-refractivity contribution >= 4 is 34.5 Å². The third kappa shape index (κ3) is 2.97. The maximum Gasteiger partial charge on any atom is 0.183 e. The zero-order chi connectivity index (χ0) is 19.0. The minimum absolute atomic E-state index is 0.272. The summed E-state index contributed by atoms with van der Waals surface area (Å²) in [5, 5.41) is 19.0. The van der Waals surface area contributed by atoms with Crippen LogP contribution in [0.4, 0.5) is 5.69 Å². The molecule has 0 amide bonds. The van der Waals surface area contributed by atoms with Gasteiger partial charge in [-0.2, -0.15) is 5.26 Å². The van der Waals surface area contributed by atoms with Crippen LogP contribution in [0.15, 0.2) is 24.3 Å². The summed E-state index contributed by atoms with van der Waals surface area (Å²) in [5.74, 6) is 1.27. The molecule has 8 heteroatoms. The first kappa shape index (κ1) is 17.9. The summed E-state index contributed by atoms with van der Waals surface area (Å²) < 4.78 is 6.83. The normalized spacial score (nSPS) is 14.4. The molecule has 0 spiro atoms. The van der Waals surface area contributed by atoms with Crippen molar-refractivity contribution in [1.82, 2.24) is 14.6 Å². The van der Waals surface area contributed by atoms with Crippen LogP contribution in [0.5, 0.6) is 5.75 Å². The Labute approximate surface area is 166 Å². The predicted molar refractivity (Wildman–Crippen MR) is 106 cm³/mol. The molecule has 138 valence electrons. The van der Waals surface area contributed by atoms with Crippen LogP contribution in [-0.2, 0) is 0 Å². The summed E-state index contributed by atoms with van der Waals surface area (Å²) >= 11 is 13.3. The molecule has 0 atom stereocenters. The Kier molecular flexibility index (Phi) is 4.81. The fourth-order valence-corrected chi connectivity index (χ4v) is 4.11. The highest BCUT2D eigenvalue weighted by Crippen LogP contribution is 2.40. The van der Waals surface area contributed by atoms with Crippen molar-refractivity contribution < 1.29 is 4.74 Å². The van der Waals surface area contributed by atoms with Crippen LogP contribution < -0.4 is 9.64 Å². The van der Waals surface area contributed by atoms with E-state index in [1.165, 1.54) is 6.42 Å². The van der Waals surface area contributed by atoms with Crippen LogP contribution in [0.1, 0.15) is 24.8 Å². The van der Waals surface area contributed by atoms with Gasteiger partial charge in [0.25, 0.3) is 0 Å². The quantitative estimate of drug-likeness (QED) is 0.601. The molecule has 4 rings (SSSR count). The first-order valence-electron chi connectivity index (χ1n) is 8.71. The van der Waals surface area contributed by atoms with E-state index in [0.717, 1.165) is 37.2 Å². The maximum atomic E-state index is 9.79. The summed E-state index contributed by atoms with van der Waals surface area (Å²) in [4.78, 5) is 2.12. The topological polar surface area (TPSA) is 66.5 Å². The number of nitrogens with zero attached hydrogens (tertiary/aromatic N) is 5. The van der Waals surface area contributed by atoms with Gasteiger partial charge in [-0.15, -0.1) is 10.2 Å². The van der Waals surface area contributed by atoms with Crippen molar-refractivity contribution in [1.29, 1.82) is 5.26 Å². The number of aromatic nitrogens is 3. The lowest BCUT2D eigenvalue weighted by molar-refractivity contribution is 0.415. The highest BCUT2D eigenvalue weighted by atomic mass is 35.5. The second-order valence-corrected chi connectivity index (χ2v) is 7.14. The third-order valence-corrected chi connectivity index (χ3v) is 5.55. The number of anilines is 1. The van der Waals surface area contributed by atoms with Crippen molar-refractivity contribution in [2.24, 2.45) is 0 Å². The SMILES string of the molecule is COc1ccc(-c2nnc3c(Cl)c(N4CCCCC4)c(C#N)c(Cl)n23)cc1. The molecule has 0 N–H and O–H groups in total. The lowest BCUT2D eigenvalue weighted by Crippen LogP contribution is -2.30. The van der Waals surface area contributed by atoms with E-state index in [1.807, 2.05) is 24.3 Å². The Morgan fingerprint density at radius 1 is 1.07 bits per heavy atom. The Balaban J connectivity index is 1.92. The van der Waals surface area contributed by atoms with Gasteiger partial charge in [0.15, 0.2) is 11.5 Å². The summed E-state index contributed by atoms with van der Waals surface area (Å²) in [6.07, 6.45) is 3.31. The molecule has 1 aromatic carbocycles. The molecule has 1 saturated heterocycles. The number of rotatable bonds is 3. The largest absolute Gasteiger partial charge is 0.497 e. The van der Waals surface area contributed by atoms with Crippen molar-refractivity contribution in [3.05, 3.63) is 40.0 Å². The molecule has 6 nitrogen and oxygen atoms in total. The Morgan fingerprint density at radius 2 is 1.78 bits per heavy atom. The second kappa shape index (κ2) is 7.26. The number of pyridine rings is 1. The number of piperidine rings is 1. The van der Waals surface area contributed by atoms with Crippen molar-refractivity contribution in [3.63, 3.8) is 0 Å². The van der Waals surface area contributed by atoms with E-state index in [9.17, 15) is 5.26 Å². The summed E-state index contributed by atoms with van der Waals surface area (Å²) in [7, 11) is 1.61. The summed E-state index contributed by atoms with van der Waals surface area (Å²) in [6.45, 7) is 1.70. The minimum atomic E-state index is 0.272. The fraction of sp³-hybridized carbons (Fsp3) is 0.316. The number of ether oxygens (including phenoxy) is 1.